The number of sulfonamides is 1. The highest BCUT2D eigenvalue weighted by Gasteiger charge is 2.28. The smallest absolute Gasteiger partial charge is 0.264 e. The van der Waals surface area contributed by atoms with Gasteiger partial charge in [0.2, 0.25) is 11.9 Å². The maximum atomic E-state index is 12.7. The van der Waals surface area contributed by atoms with Crippen molar-refractivity contribution in [3.63, 3.8) is 0 Å². The minimum absolute atomic E-state index is 0.00930. The van der Waals surface area contributed by atoms with Crippen LogP contribution in [0.1, 0.15) is 25.1 Å². The predicted octanol–water partition coefficient (Wildman–Crippen LogP) is 3.79. The Morgan fingerprint density at radius 3 is 2.30 bits per heavy atom. The van der Waals surface area contributed by atoms with Crippen LogP contribution in [0.4, 0.5) is 11.6 Å². The number of carbonyl (C=O) groups excluding carboxylic acids is 1. The van der Waals surface area contributed by atoms with E-state index in [1.165, 1.54) is 18.3 Å². The Morgan fingerprint density at radius 1 is 1.00 bits per heavy atom. The summed E-state index contributed by atoms with van der Waals surface area (Å²) in [7, 11) is -3.83. The molecule has 0 unspecified atom stereocenters. The Bertz CT molecular complexity index is 1130. The van der Waals surface area contributed by atoms with E-state index >= 15 is 0 Å². The number of rotatable bonds is 7. The third kappa shape index (κ3) is 5.42. The molecule has 8 heteroatoms. The zero-order chi connectivity index (χ0) is 21.8. The lowest BCUT2D eigenvalue weighted by molar-refractivity contribution is -0.123. The first kappa shape index (κ1) is 21.4. The van der Waals surface area contributed by atoms with Gasteiger partial charge in [-0.3, -0.25) is 4.79 Å². The summed E-state index contributed by atoms with van der Waals surface area (Å²) < 4.78 is 27.4. The maximum absolute atomic E-state index is 12.7. The van der Waals surface area contributed by atoms with E-state index in [1.54, 1.807) is 25.1 Å². The largest absolute Gasteiger partial charge is 0.326 e. The van der Waals surface area contributed by atoms with Crippen LogP contribution < -0.4 is 10.0 Å². The molecule has 0 saturated heterocycles. The van der Waals surface area contributed by atoms with Gasteiger partial charge in [0, 0.05) is 23.0 Å². The average molecular weight is 425 g/mol. The van der Waals surface area contributed by atoms with Crippen LogP contribution in [0.15, 0.2) is 71.8 Å². The van der Waals surface area contributed by atoms with Gasteiger partial charge >= 0.3 is 0 Å². The van der Waals surface area contributed by atoms with Crippen molar-refractivity contribution >= 4 is 27.6 Å². The summed E-state index contributed by atoms with van der Waals surface area (Å²) in [4.78, 5) is 20.7. The van der Waals surface area contributed by atoms with Crippen LogP contribution in [-0.2, 0) is 21.2 Å². The van der Waals surface area contributed by atoms with Crippen LogP contribution in [0.2, 0.25) is 0 Å². The van der Waals surface area contributed by atoms with E-state index in [0.29, 0.717) is 17.8 Å². The van der Waals surface area contributed by atoms with Crippen molar-refractivity contribution < 1.29 is 13.2 Å². The minimum Gasteiger partial charge on any atom is -0.326 e. The highest BCUT2D eigenvalue weighted by atomic mass is 32.2. The van der Waals surface area contributed by atoms with Gasteiger partial charge in [-0.25, -0.2) is 23.1 Å². The van der Waals surface area contributed by atoms with Crippen LogP contribution in [-0.4, -0.2) is 24.3 Å². The van der Waals surface area contributed by atoms with Gasteiger partial charge < -0.3 is 5.32 Å². The van der Waals surface area contributed by atoms with Crippen molar-refractivity contribution in [2.75, 3.05) is 10.0 Å². The summed E-state index contributed by atoms with van der Waals surface area (Å²) in [6.45, 7) is 5.50. The highest BCUT2D eigenvalue weighted by molar-refractivity contribution is 7.92. The Hall–Kier alpha value is -3.26. The van der Waals surface area contributed by atoms with Crippen LogP contribution in [0.25, 0.3) is 0 Å². The summed E-state index contributed by atoms with van der Waals surface area (Å²) in [6.07, 6.45) is 2.07. The second-order valence-corrected chi connectivity index (χ2v) is 9.33. The fourth-order valence-corrected chi connectivity index (χ4v) is 3.83. The van der Waals surface area contributed by atoms with Crippen LogP contribution >= 0.6 is 0 Å². The zero-order valence-electron chi connectivity index (χ0n) is 17.1. The van der Waals surface area contributed by atoms with Crippen LogP contribution in [0.3, 0.4) is 0 Å². The van der Waals surface area contributed by atoms with Crippen LogP contribution in [0, 0.1) is 12.3 Å². The number of hydrogen-bond acceptors (Lipinski definition) is 5. The zero-order valence-corrected chi connectivity index (χ0v) is 17.9. The first-order valence-electron chi connectivity index (χ1n) is 9.44. The van der Waals surface area contributed by atoms with Gasteiger partial charge in [0.1, 0.15) is 0 Å². The summed E-state index contributed by atoms with van der Waals surface area (Å²) in [6, 6.07) is 17.4. The number of nitrogens with one attached hydrogen (secondary N) is 2. The molecule has 0 saturated carbocycles. The molecular weight excluding hydrogens is 400 g/mol. The van der Waals surface area contributed by atoms with Gasteiger partial charge in [-0.15, -0.1) is 0 Å². The van der Waals surface area contributed by atoms with E-state index in [-0.39, 0.29) is 16.8 Å². The molecule has 1 heterocycles. The fraction of sp³-hybridized carbons (Fsp3) is 0.227. The molecule has 2 N–H and O–H groups in total. The Morgan fingerprint density at radius 2 is 1.67 bits per heavy atom. The van der Waals surface area contributed by atoms with Crippen molar-refractivity contribution in [2.45, 2.75) is 32.1 Å². The quantitative estimate of drug-likeness (QED) is 0.601. The third-order valence-corrected chi connectivity index (χ3v) is 5.89. The van der Waals surface area contributed by atoms with E-state index in [4.69, 9.17) is 0 Å². The molecule has 0 fully saturated rings. The molecule has 7 nitrogen and oxygen atoms in total. The number of nitrogens with zero attached hydrogens (tertiary/aromatic N) is 2. The molecule has 0 radical (unpaired) electrons. The third-order valence-electron chi connectivity index (χ3n) is 4.55. The molecule has 2 aromatic carbocycles. The number of amides is 1. The number of benzene rings is 2. The molecule has 1 amide bonds. The Balaban J connectivity index is 1.68. The van der Waals surface area contributed by atoms with Gasteiger partial charge in [0.25, 0.3) is 10.0 Å². The van der Waals surface area contributed by atoms with Crippen molar-refractivity contribution in [1.82, 2.24) is 9.97 Å². The van der Waals surface area contributed by atoms with E-state index in [9.17, 15) is 13.2 Å². The minimum atomic E-state index is -3.83. The number of aryl methyl sites for hydroxylation is 1. The predicted molar refractivity (Wildman–Crippen MR) is 117 cm³/mol. The first-order valence-corrected chi connectivity index (χ1v) is 10.9. The van der Waals surface area contributed by atoms with E-state index < -0.39 is 15.4 Å². The summed E-state index contributed by atoms with van der Waals surface area (Å²) in [5.41, 5.74) is 1.62. The molecule has 0 aliphatic carbocycles. The van der Waals surface area contributed by atoms with Crippen molar-refractivity contribution in [1.29, 1.82) is 0 Å². The molecule has 0 spiro atoms. The fourth-order valence-electron chi connectivity index (χ4n) is 2.88. The van der Waals surface area contributed by atoms with E-state index in [1.807, 2.05) is 44.2 Å². The molecule has 0 bridgehead atoms. The summed E-state index contributed by atoms with van der Waals surface area (Å²) >= 11 is 0. The number of hydrogen-bond donors (Lipinski definition) is 2. The first-order chi connectivity index (χ1) is 14.2. The lowest BCUT2D eigenvalue weighted by atomic mass is 9.85. The number of carbonyl (C=O) groups is 1. The molecule has 0 atom stereocenters. The SMILES string of the molecule is Cc1ccnc(NS(=O)(=O)c2ccc(NC(=O)C(C)(C)Cc3ccccc3)cc2)n1. The lowest BCUT2D eigenvalue weighted by Gasteiger charge is -2.23. The molecular formula is C22H24N4O3S. The summed E-state index contributed by atoms with van der Waals surface area (Å²) in [5, 5.41) is 2.86. The molecule has 0 aliphatic rings. The van der Waals surface area contributed by atoms with E-state index in [0.717, 1.165) is 5.56 Å². The van der Waals surface area contributed by atoms with E-state index in [2.05, 4.69) is 20.0 Å². The van der Waals surface area contributed by atoms with Gasteiger partial charge in [0.05, 0.1) is 4.90 Å². The van der Waals surface area contributed by atoms with Crippen molar-refractivity contribution in [3.8, 4) is 0 Å². The Labute approximate surface area is 176 Å². The van der Waals surface area contributed by atoms with Gasteiger partial charge in [-0.2, -0.15) is 0 Å². The molecule has 3 aromatic rings. The van der Waals surface area contributed by atoms with Gasteiger partial charge in [-0.1, -0.05) is 44.2 Å². The average Bonchev–Trinajstić information content (AvgIpc) is 2.68. The lowest BCUT2D eigenvalue weighted by Crippen LogP contribution is -2.32. The topological polar surface area (TPSA) is 101 Å². The molecule has 1 aromatic heterocycles. The second kappa shape index (κ2) is 8.62. The normalized spacial score (nSPS) is 11.7. The number of anilines is 2. The van der Waals surface area contributed by atoms with Gasteiger partial charge in [0.15, 0.2) is 0 Å². The Kier molecular flexibility index (Phi) is 6.17. The highest BCUT2D eigenvalue weighted by Crippen LogP contribution is 2.25. The van der Waals surface area contributed by atoms with Crippen molar-refractivity contribution in [3.05, 3.63) is 78.1 Å². The monoisotopic (exact) mass is 424 g/mol. The summed E-state index contributed by atoms with van der Waals surface area (Å²) in [5.74, 6) is -0.136. The molecule has 156 valence electrons. The molecule has 30 heavy (non-hydrogen) atoms. The maximum Gasteiger partial charge on any atom is 0.264 e. The van der Waals surface area contributed by atoms with Crippen molar-refractivity contribution in [2.24, 2.45) is 5.41 Å². The van der Waals surface area contributed by atoms with Crippen LogP contribution in [0.5, 0.6) is 0 Å². The number of aromatic nitrogens is 2. The van der Waals surface area contributed by atoms with Gasteiger partial charge in [-0.05, 0) is 49.2 Å². The second-order valence-electron chi connectivity index (χ2n) is 7.65. The standard InChI is InChI=1S/C22H24N4O3S/c1-16-13-14-23-21(24-16)26-30(28,29)19-11-9-18(10-12-19)25-20(27)22(2,3)15-17-7-5-4-6-8-17/h4-14H,15H2,1-3H3,(H,25,27)(H,23,24,26). The molecule has 0 aliphatic heterocycles. The molecule has 3 rings (SSSR count).